The van der Waals surface area contributed by atoms with Crippen LogP contribution in [0.5, 0.6) is 0 Å². The van der Waals surface area contributed by atoms with Gasteiger partial charge in [0.25, 0.3) is 0 Å². The summed E-state index contributed by atoms with van der Waals surface area (Å²) >= 11 is 0. The fourth-order valence-corrected chi connectivity index (χ4v) is 1.96. The molecule has 0 aliphatic carbocycles. The van der Waals surface area contributed by atoms with E-state index < -0.39 is 0 Å². The van der Waals surface area contributed by atoms with Crippen molar-refractivity contribution in [2.45, 2.75) is 33.4 Å². The van der Waals surface area contributed by atoms with Gasteiger partial charge < -0.3 is 9.88 Å². The number of rotatable bonds is 7. The van der Waals surface area contributed by atoms with Crippen molar-refractivity contribution < 1.29 is 0 Å². The minimum Gasteiger partial charge on any atom is -0.329 e. The van der Waals surface area contributed by atoms with Crippen molar-refractivity contribution in [2.75, 3.05) is 13.1 Å². The van der Waals surface area contributed by atoms with E-state index in [0.29, 0.717) is 0 Å². The van der Waals surface area contributed by atoms with Gasteiger partial charge in [-0.15, -0.1) is 0 Å². The third-order valence-corrected chi connectivity index (χ3v) is 2.87. The number of aryl methyl sites for hydroxylation is 1. The Morgan fingerprint density at radius 2 is 2.11 bits per heavy atom. The summed E-state index contributed by atoms with van der Waals surface area (Å²) < 4.78 is 4.15. The summed E-state index contributed by atoms with van der Waals surface area (Å²) in [5, 5.41) is 7.68. The highest BCUT2D eigenvalue weighted by molar-refractivity contribution is 5.56. The Bertz CT molecular complexity index is 471. The van der Waals surface area contributed by atoms with E-state index in [9.17, 15) is 0 Å². The first-order valence-corrected chi connectivity index (χ1v) is 6.58. The second-order valence-corrected chi connectivity index (χ2v) is 4.32. The van der Waals surface area contributed by atoms with Crippen LogP contribution in [0, 0.1) is 0 Å². The van der Waals surface area contributed by atoms with Crippen molar-refractivity contribution in [1.29, 1.82) is 0 Å². The summed E-state index contributed by atoms with van der Waals surface area (Å²) in [6, 6.07) is 0. The summed E-state index contributed by atoms with van der Waals surface area (Å²) in [5.74, 6) is 0. The lowest BCUT2D eigenvalue weighted by Gasteiger charge is -2.06. The molecule has 0 fully saturated rings. The number of hydrogen-bond acceptors (Lipinski definition) is 3. The average Bonchev–Trinajstić information content (AvgIpc) is 2.98. The molecule has 2 aromatic heterocycles. The van der Waals surface area contributed by atoms with E-state index in [4.69, 9.17) is 0 Å². The normalized spacial score (nSPS) is 11.0. The molecule has 0 radical (unpaired) electrons. The molecule has 5 heteroatoms. The van der Waals surface area contributed by atoms with Gasteiger partial charge in [-0.05, 0) is 13.0 Å². The largest absolute Gasteiger partial charge is 0.329 e. The van der Waals surface area contributed by atoms with Gasteiger partial charge in [-0.2, -0.15) is 5.10 Å². The summed E-state index contributed by atoms with van der Waals surface area (Å²) in [6.07, 6.45) is 8.88. The number of hydrogen-bond donors (Lipinski definition) is 1. The van der Waals surface area contributed by atoms with Crippen LogP contribution in [0.4, 0.5) is 0 Å². The molecule has 2 aromatic rings. The van der Waals surface area contributed by atoms with Crippen LogP contribution < -0.4 is 5.32 Å². The molecule has 2 heterocycles. The zero-order valence-corrected chi connectivity index (χ0v) is 11.1. The van der Waals surface area contributed by atoms with Gasteiger partial charge >= 0.3 is 0 Å². The van der Waals surface area contributed by atoms with Crippen molar-refractivity contribution in [1.82, 2.24) is 24.6 Å². The second kappa shape index (κ2) is 6.35. The Labute approximate surface area is 108 Å². The van der Waals surface area contributed by atoms with Crippen LogP contribution in [0.2, 0.25) is 0 Å². The number of aromatic nitrogens is 4. The fourth-order valence-electron chi connectivity index (χ4n) is 1.96. The predicted octanol–water partition coefficient (Wildman–Crippen LogP) is 1.77. The van der Waals surface area contributed by atoms with E-state index in [1.54, 1.807) is 0 Å². The molecule has 0 aromatic carbocycles. The van der Waals surface area contributed by atoms with Gasteiger partial charge in [0.15, 0.2) is 0 Å². The minimum absolute atomic E-state index is 0.933. The molecule has 5 nitrogen and oxygen atoms in total. The molecule has 0 atom stereocenters. The zero-order valence-electron chi connectivity index (χ0n) is 11.1. The number of likely N-dealkylation sites (N-methyl/N-ethyl adjacent to an activating group) is 1. The molecule has 0 aliphatic rings. The van der Waals surface area contributed by atoms with Gasteiger partial charge in [0, 0.05) is 31.4 Å². The standard InChI is InChI=1S/C13H21N5/c1-3-6-18-10-12(8-16-18)13-9-15-11-17(13)7-5-14-4-2/h8-11,14H,3-7H2,1-2H3. The summed E-state index contributed by atoms with van der Waals surface area (Å²) in [5.41, 5.74) is 2.27. The van der Waals surface area contributed by atoms with Gasteiger partial charge in [0.05, 0.1) is 24.4 Å². The maximum absolute atomic E-state index is 4.36. The van der Waals surface area contributed by atoms with E-state index >= 15 is 0 Å². The van der Waals surface area contributed by atoms with Crippen molar-refractivity contribution in [3.63, 3.8) is 0 Å². The Hall–Kier alpha value is -1.62. The quantitative estimate of drug-likeness (QED) is 0.758. The summed E-state index contributed by atoms with van der Waals surface area (Å²) in [4.78, 5) is 4.23. The minimum atomic E-state index is 0.933. The molecule has 18 heavy (non-hydrogen) atoms. The monoisotopic (exact) mass is 247 g/mol. The molecule has 0 amide bonds. The highest BCUT2D eigenvalue weighted by Gasteiger charge is 2.07. The molecule has 0 aliphatic heterocycles. The Morgan fingerprint density at radius 3 is 2.89 bits per heavy atom. The van der Waals surface area contributed by atoms with E-state index in [2.05, 4.69) is 40.0 Å². The molecular weight excluding hydrogens is 226 g/mol. The molecule has 0 saturated carbocycles. The van der Waals surface area contributed by atoms with Gasteiger partial charge in [-0.25, -0.2) is 4.98 Å². The van der Waals surface area contributed by atoms with Crippen LogP contribution in [0.15, 0.2) is 24.9 Å². The molecule has 0 bridgehead atoms. The highest BCUT2D eigenvalue weighted by atomic mass is 15.3. The topological polar surface area (TPSA) is 47.7 Å². The smallest absolute Gasteiger partial charge is 0.0951 e. The van der Waals surface area contributed by atoms with Crippen LogP contribution in [0.1, 0.15) is 20.3 Å². The maximum Gasteiger partial charge on any atom is 0.0951 e. The average molecular weight is 247 g/mol. The second-order valence-electron chi connectivity index (χ2n) is 4.32. The highest BCUT2D eigenvalue weighted by Crippen LogP contribution is 2.17. The molecule has 98 valence electrons. The van der Waals surface area contributed by atoms with Crippen LogP contribution in [0.25, 0.3) is 11.3 Å². The molecule has 0 spiro atoms. The van der Waals surface area contributed by atoms with Crippen molar-refractivity contribution in [3.8, 4) is 11.3 Å². The van der Waals surface area contributed by atoms with Crippen molar-refractivity contribution in [2.24, 2.45) is 0 Å². The number of nitrogens with one attached hydrogen (secondary N) is 1. The van der Waals surface area contributed by atoms with Crippen LogP contribution >= 0.6 is 0 Å². The molecule has 0 unspecified atom stereocenters. The summed E-state index contributed by atoms with van der Waals surface area (Å²) in [6.45, 7) is 8.13. The Balaban J connectivity index is 2.09. The van der Waals surface area contributed by atoms with Gasteiger partial charge in [0.1, 0.15) is 0 Å². The van der Waals surface area contributed by atoms with Crippen LogP contribution in [-0.4, -0.2) is 32.4 Å². The van der Waals surface area contributed by atoms with E-state index in [-0.39, 0.29) is 0 Å². The number of imidazole rings is 1. The van der Waals surface area contributed by atoms with Crippen LogP contribution in [-0.2, 0) is 13.1 Å². The fraction of sp³-hybridized carbons (Fsp3) is 0.538. The lowest BCUT2D eigenvalue weighted by Crippen LogP contribution is -2.19. The molecule has 0 saturated heterocycles. The zero-order chi connectivity index (χ0) is 12.8. The van der Waals surface area contributed by atoms with E-state index in [0.717, 1.165) is 43.9 Å². The van der Waals surface area contributed by atoms with Crippen molar-refractivity contribution >= 4 is 0 Å². The third kappa shape index (κ3) is 2.98. The summed E-state index contributed by atoms with van der Waals surface area (Å²) in [7, 11) is 0. The third-order valence-electron chi connectivity index (χ3n) is 2.87. The molecule has 2 rings (SSSR count). The van der Waals surface area contributed by atoms with Gasteiger partial charge in [0.2, 0.25) is 0 Å². The van der Waals surface area contributed by atoms with E-state index in [1.807, 2.05) is 23.4 Å². The number of nitrogens with zero attached hydrogens (tertiary/aromatic N) is 4. The van der Waals surface area contributed by atoms with Crippen molar-refractivity contribution in [3.05, 3.63) is 24.9 Å². The van der Waals surface area contributed by atoms with Gasteiger partial charge in [-0.1, -0.05) is 13.8 Å². The van der Waals surface area contributed by atoms with E-state index in [1.165, 1.54) is 0 Å². The lowest BCUT2D eigenvalue weighted by atomic mass is 10.3. The Kier molecular flexibility index (Phi) is 4.52. The Morgan fingerprint density at radius 1 is 1.22 bits per heavy atom. The lowest BCUT2D eigenvalue weighted by molar-refractivity contribution is 0.602. The molecule has 1 N–H and O–H groups in total. The first-order valence-electron chi connectivity index (χ1n) is 6.58. The molecular formula is C13H21N5. The van der Waals surface area contributed by atoms with Gasteiger partial charge in [-0.3, -0.25) is 4.68 Å². The predicted molar refractivity (Wildman–Crippen MR) is 72.3 cm³/mol. The SMILES string of the molecule is CCCn1cc(-c2cncn2CCNCC)cn1. The maximum atomic E-state index is 4.36. The van der Waals surface area contributed by atoms with Crippen LogP contribution in [0.3, 0.4) is 0 Å². The first kappa shape index (κ1) is 12.8. The first-order chi connectivity index (χ1) is 8.85.